The second-order valence-electron chi connectivity index (χ2n) is 4.31. The number of carbonyl (C=O) groups excluding carboxylic acids is 3. The van der Waals surface area contributed by atoms with E-state index in [1.54, 1.807) is 7.11 Å². The molecule has 0 fully saturated rings. The second-order valence-corrected chi connectivity index (χ2v) is 4.31. The fourth-order valence-electron chi connectivity index (χ4n) is 1.76. The Balaban J connectivity index is 2.01. The Morgan fingerprint density at radius 1 is 1.21 bits per heavy atom. The molecule has 3 amide bonds. The summed E-state index contributed by atoms with van der Waals surface area (Å²) in [5, 5.41) is 2.74. The van der Waals surface area contributed by atoms with E-state index >= 15 is 0 Å². The lowest BCUT2D eigenvalue weighted by Crippen LogP contribution is -2.31. The van der Waals surface area contributed by atoms with Crippen molar-refractivity contribution in [1.82, 2.24) is 10.2 Å². The van der Waals surface area contributed by atoms with Gasteiger partial charge >= 0.3 is 0 Å². The topological polar surface area (TPSA) is 75.7 Å². The van der Waals surface area contributed by atoms with Gasteiger partial charge in [-0.25, -0.2) is 0 Å². The Kier molecular flexibility index (Phi) is 6.81. The maximum Gasteiger partial charge on any atom is 0.253 e. The monoisotopic (exact) mass is 268 g/mol. The summed E-state index contributed by atoms with van der Waals surface area (Å²) >= 11 is 0. The summed E-state index contributed by atoms with van der Waals surface area (Å²) in [5.74, 6) is -0.489. The van der Waals surface area contributed by atoms with Crippen molar-refractivity contribution in [1.29, 1.82) is 0 Å². The van der Waals surface area contributed by atoms with E-state index in [1.807, 2.05) is 0 Å². The van der Waals surface area contributed by atoms with E-state index in [9.17, 15) is 14.4 Å². The average Bonchev–Trinajstić information content (AvgIpc) is 2.70. The molecule has 0 saturated carbocycles. The molecule has 0 aliphatic carbocycles. The van der Waals surface area contributed by atoms with Crippen molar-refractivity contribution in [3.8, 4) is 0 Å². The molecule has 0 bridgehead atoms. The number of carbonyl (C=O) groups is 3. The third-order valence-electron chi connectivity index (χ3n) is 2.81. The summed E-state index contributed by atoms with van der Waals surface area (Å²) in [5.41, 5.74) is 0. The van der Waals surface area contributed by atoms with Crippen LogP contribution in [0.2, 0.25) is 0 Å². The van der Waals surface area contributed by atoms with Gasteiger partial charge in [0.1, 0.15) is 0 Å². The van der Waals surface area contributed by atoms with Crippen LogP contribution in [0.15, 0.2) is 12.2 Å². The largest absolute Gasteiger partial charge is 0.383 e. The molecule has 0 radical (unpaired) electrons. The molecule has 1 aliphatic heterocycles. The van der Waals surface area contributed by atoms with E-state index in [0.717, 1.165) is 19.3 Å². The van der Waals surface area contributed by atoms with Gasteiger partial charge in [0.2, 0.25) is 5.91 Å². The average molecular weight is 268 g/mol. The number of ether oxygens (including phenoxy) is 1. The van der Waals surface area contributed by atoms with Gasteiger partial charge in [-0.05, 0) is 12.8 Å². The van der Waals surface area contributed by atoms with Gasteiger partial charge in [0.15, 0.2) is 0 Å². The van der Waals surface area contributed by atoms with Crippen LogP contribution in [0.4, 0.5) is 0 Å². The maximum absolute atomic E-state index is 11.3. The molecule has 0 aromatic rings. The molecule has 0 aromatic heterocycles. The predicted molar refractivity (Wildman–Crippen MR) is 69.2 cm³/mol. The highest BCUT2D eigenvalue weighted by Gasteiger charge is 2.22. The third-order valence-corrected chi connectivity index (χ3v) is 2.81. The highest BCUT2D eigenvalue weighted by atomic mass is 16.5. The standard InChI is InChI=1S/C13H20N2O4/c1-19-10-8-14-11(16)5-3-2-4-9-15-12(17)6-7-13(15)18/h6-7H,2-5,8-10H2,1H3,(H,14,16). The first-order valence-electron chi connectivity index (χ1n) is 6.44. The zero-order chi connectivity index (χ0) is 14.1. The number of hydrogen-bond donors (Lipinski definition) is 1. The van der Waals surface area contributed by atoms with Gasteiger partial charge in [-0.15, -0.1) is 0 Å². The van der Waals surface area contributed by atoms with Crippen molar-refractivity contribution in [3.63, 3.8) is 0 Å². The fourth-order valence-corrected chi connectivity index (χ4v) is 1.76. The quantitative estimate of drug-likeness (QED) is 0.480. The van der Waals surface area contributed by atoms with E-state index in [2.05, 4.69) is 5.32 Å². The molecule has 19 heavy (non-hydrogen) atoms. The first kappa shape index (κ1) is 15.4. The Labute approximate surface area is 112 Å². The van der Waals surface area contributed by atoms with Crippen molar-refractivity contribution < 1.29 is 19.1 Å². The van der Waals surface area contributed by atoms with Crippen LogP contribution in [0.3, 0.4) is 0 Å². The molecule has 6 heteroatoms. The first-order chi connectivity index (χ1) is 9.15. The summed E-state index contributed by atoms with van der Waals surface area (Å²) < 4.78 is 4.82. The molecule has 0 saturated heterocycles. The molecule has 0 spiro atoms. The molecule has 1 heterocycles. The molecule has 1 aliphatic rings. The maximum atomic E-state index is 11.3. The van der Waals surface area contributed by atoms with Gasteiger partial charge in [0, 0.05) is 38.8 Å². The molecule has 1 rings (SSSR count). The zero-order valence-corrected chi connectivity index (χ0v) is 11.2. The van der Waals surface area contributed by atoms with Gasteiger partial charge in [0.25, 0.3) is 11.8 Å². The number of nitrogens with zero attached hydrogens (tertiary/aromatic N) is 1. The lowest BCUT2D eigenvalue weighted by atomic mass is 10.2. The summed E-state index contributed by atoms with van der Waals surface area (Å²) in [7, 11) is 1.59. The van der Waals surface area contributed by atoms with E-state index in [1.165, 1.54) is 17.1 Å². The Bertz CT molecular complexity index is 348. The first-order valence-corrected chi connectivity index (χ1v) is 6.44. The van der Waals surface area contributed by atoms with Crippen LogP contribution in [-0.2, 0) is 19.1 Å². The molecular formula is C13H20N2O4. The summed E-state index contributed by atoms with van der Waals surface area (Å²) in [6.45, 7) is 1.46. The Morgan fingerprint density at radius 3 is 2.53 bits per heavy atom. The van der Waals surface area contributed by atoms with Crippen LogP contribution in [-0.4, -0.2) is 49.4 Å². The van der Waals surface area contributed by atoms with Crippen molar-refractivity contribution >= 4 is 17.7 Å². The Morgan fingerprint density at radius 2 is 1.89 bits per heavy atom. The van der Waals surface area contributed by atoms with Gasteiger partial charge < -0.3 is 10.1 Å². The molecule has 6 nitrogen and oxygen atoms in total. The molecule has 0 atom stereocenters. The third kappa shape index (κ3) is 5.65. The van der Waals surface area contributed by atoms with Crippen LogP contribution < -0.4 is 5.32 Å². The number of unbranched alkanes of at least 4 members (excludes halogenated alkanes) is 2. The molecule has 0 unspecified atom stereocenters. The van der Waals surface area contributed by atoms with Crippen LogP contribution in [0, 0.1) is 0 Å². The smallest absolute Gasteiger partial charge is 0.253 e. The van der Waals surface area contributed by atoms with E-state index in [4.69, 9.17) is 4.74 Å². The minimum Gasteiger partial charge on any atom is -0.383 e. The minimum atomic E-state index is -0.248. The number of hydrogen-bond acceptors (Lipinski definition) is 4. The summed E-state index contributed by atoms with van der Waals surface area (Å²) in [6, 6.07) is 0. The van der Waals surface area contributed by atoms with Crippen molar-refractivity contribution in [2.75, 3.05) is 26.8 Å². The lowest BCUT2D eigenvalue weighted by molar-refractivity contribution is -0.136. The highest BCUT2D eigenvalue weighted by Crippen LogP contribution is 2.07. The number of nitrogens with one attached hydrogen (secondary N) is 1. The normalized spacial score (nSPS) is 14.3. The zero-order valence-electron chi connectivity index (χ0n) is 11.2. The molecule has 106 valence electrons. The Hall–Kier alpha value is -1.69. The number of methoxy groups -OCH3 is 1. The highest BCUT2D eigenvalue weighted by molar-refractivity contribution is 6.12. The second kappa shape index (κ2) is 8.42. The van der Waals surface area contributed by atoms with Gasteiger partial charge in [-0.1, -0.05) is 6.42 Å². The van der Waals surface area contributed by atoms with Gasteiger partial charge in [-0.2, -0.15) is 0 Å². The number of amides is 3. The van der Waals surface area contributed by atoms with Crippen molar-refractivity contribution in [2.24, 2.45) is 0 Å². The van der Waals surface area contributed by atoms with Crippen LogP contribution in [0.5, 0.6) is 0 Å². The molecule has 1 N–H and O–H groups in total. The molecule has 0 aromatic carbocycles. The number of rotatable bonds is 9. The van der Waals surface area contributed by atoms with Crippen LogP contribution in [0.25, 0.3) is 0 Å². The minimum absolute atomic E-state index is 0.00652. The fraction of sp³-hybridized carbons (Fsp3) is 0.615. The predicted octanol–water partition coefficient (Wildman–Crippen LogP) is 0.234. The van der Waals surface area contributed by atoms with Gasteiger partial charge in [0.05, 0.1) is 6.61 Å². The van der Waals surface area contributed by atoms with Crippen molar-refractivity contribution in [2.45, 2.75) is 25.7 Å². The summed E-state index contributed by atoms with van der Waals surface area (Å²) in [4.78, 5) is 35.1. The van der Waals surface area contributed by atoms with Crippen LogP contribution >= 0.6 is 0 Å². The van der Waals surface area contributed by atoms with Gasteiger partial charge in [-0.3, -0.25) is 19.3 Å². The van der Waals surface area contributed by atoms with E-state index in [0.29, 0.717) is 26.1 Å². The van der Waals surface area contributed by atoms with E-state index in [-0.39, 0.29) is 17.7 Å². The van der Waals surface area contributed by atoms with Crippen molar-refractivity contribution in [3.05, 3.63) is 12.2 Å². The van der Waals surface area contributed by atoms with E-state index < -0.39 is 0 Å². The molecular weight excluding hydrogens is 248 g/mol. The lowest BCUT2D eigenvalue weighted by Gasteiger charge is -2.13. The number of imide groups is 1. The SMILES string of the molecule is COCCNC(=O)CCCCCN1C(=O)C=CC1=O. The van der Waals surface area contributed by atoms with Crippen LogP contribution in [0.1, 0.15) is 25.7 Å². The summed E-state index contributed by atoms with van der Waals surface area (Å²) in [6.07, 6.45) is 5.32.